The number of hydrogen-bond donors (Lipinski definition) is 1. The number of aromatic nitrogens is 1. The molecule has 4 heteroatoms. The largest absolute Gasteiger partial charge is 0.464 e. The van der Waals surface area contributed by atoms with E-state index < -0.39 is 6.23 Å². The molecule has 1 aliphatic heterocycles. The molecule has 1 atom stereocenters. The molecule has 1 aliphatic rings. The summed E-state index contributed by atoms with van der Waals surface area (Å²) < 4.78 is 15.8. The second-order valence-electron chi connectivity index (χ2n) is 4.19. The quantitative estimate of drug-likeness (QED) is 0.773. The van der Waals surface area contributed by atoms with E-state index >= 15 is 0 Å². The van der Waals surface area contributed by atoms with E-state index in [1.165, 1.54) is 5.31 Å². The zero-order valence-corrected chi connectivity index (χ0v) is 9.87. The number of anilines is 1. The Balaban J connectivity index is 1.94. The van der Waals surface area contributed by atoms with Crippen molar-refractivity contribution in [1.82, 2.24) is 0 Å². The molecule has 0 spiro atoms. The molecule has 4 nitrogen and oxygen atoms in total. The lowest BCUT2D eigenvalue weighted by Crippen LogP contribution is -2.26. The Labute approximate surface area is 107 Å². The van der Waals surface area contributed by atoms with E-state index in [-0.39, 0.29) is 0 Å². The van der Waals surface area contributed by atoms with Gasteiger partial charge in [0.15, 0.2) is 25.8 Å². The van der Waals surface area contributed by atoms with Gasteiger partial charge >= 0.3 is 0 Å². The molecule has 0 saturated heterocycles. The molecule has 0 fully saturated rings. The van der Waals surface area contributed by atoms with Gasteiger partial charge in [-0.2, -0.15) is 5.26 Å². The molecule has 18 heavy (non-hydrogen) atoms. The summed E-state index contributed by atoms with van der Waals surface area (Å²) in [5.74, 6) is 0.697. The number of nitrogens with one attached hydrogen (secondary N) is 1. The molecule has 2 aromatic rings. The molecular weight excluding hydrogens is 226 g/mol. The standard InChI is InChI=1S/C14H12N3O/c1-17-7-6-13-12(9-17)16-14(18-13)11-4-2-10(8-15)3-5-11/h2-7,9,14,16H,1H3/q+1/i/hD. The SMILES string of the molecule is [2H]N1c2c[n+](C)ccc2OC1c1ccc(C#N)cc1. The van der Waals surface area contributed by atoms with Gasteiger partial charge in [-0.05, 0) is 12.1 Å². The fraction of sp³-hybridized carbons (Fsp3) is 0.143. The van der Waals surface area contributed by atoms with E-state index in [1.54, 1.807) is 12.1 Å². The summed E-state index contributed by atoms with van der Waals surface area (Å²) in [5, 5.41) is 10.1. The molecule has 0 bridgehead atoms. The van der Waals surface area contributed by atoms with Crippen LogP contribution in [0.2, 0.25) is 1.41 Å². The minimum Gasteiger partial charge on any atom is -0.464 e. The van der Waals surface area contributed by atoms with E-state index in [2.05, 4.69) is 6.07 Å². The van der Waals surface area contributed by atoms with E-state index in [1.807, 2.05) is 42.2 Å². The maximum Gasteiger partial charge on any atom is 0.196 e. The Morgan fingerprint density at radius 2 is 2.17 bits per heavy atom. The summed E-state index contributed by atoms with van der Waals surface area (Å²) in [4.78, 5) is 0. The highest BCUT2D eigenvalue weighted by Gasteiger charge is 2.25. The summed E-state index contributed by atoms with van der Waals surface area (Å²) in [6.07, 6.45) is 3.27. The number of hydrogen-bond acceptors (Lipinski definition) is 3. The third-order valence-corrected chi connectivity index (χ3v) is 2.86. The molecular formula is C14H12N3O+. The smallest absolute Gasteiger partial charge is 0.196 e. The fourth-order valence-electron chi connectivity index (χ4n) is 1.90. The molecule has 1 aromatic carbocycles. The van der Waals surface area contributed by atoms with Crippen molar-refractivity contribution in [3.63, 3.8) is 0 Å². The number of fused-ring (bicyclic) bond motifs is 1. The minimum absolute atomic E-state index is 0.467. The summed E-state index contributed by atoms with van der Waals surface area (Å²) in [5.41, 5.74) is 2.19. The first-order chi connectivity index (χ1) is 9.19. The van der Waals surface area contributed by atoms with Gasteiger partial charge < -0.3 is 10.0 Å². The minimum atomic E-state index is -0.467. The summed E-state index contributed by atoms with van der Waals surface area (Å²) >= 11 is 0. The lowest BCUT2D eigenvalue weighted by atomic mass is 10.1. The Bertz CT molecular complexity index is 663. The molecule has 0 saturated carbocycles. The lowest BCUT2D eigenvalue weighted by Gasteiger charge is -2.10. The van der Waals surface area contributed by atoms with Gasteiger partial charge in [0.1, 0.15) is 12.7 Å². The second-order valence-corrected chi connectivity index (χ2v) is 4.19. The van der Waals surface area contributed by atoms with Gasteiger partial charge in [-0.15, -0.1) is 0 Å². The molecule has 0 radical (unpaired) electrons. The van der Waals surface area contributed by atoms with Crippen molar-refractivity contribution in [3.05, 3.63) is 53.9 Å². The van der Waals surface area contributed by atoms with Crippen LogP contribution in [-0.2, 0) is 7.05 Å². The number of aryl methyl sites for hydroxylation is 1. The van der Waals surface area contributed by atoms with Crippen molar-refractivity contribution in [1.29, 1.82) is 5.26 Å². The zero-order valence-electron chi connectivity index (χ0n) is 10.9. The molecule has 0 aliphatic carbocycles. The van der Waals surface area contributed by atoms with Crippen LogP contribution in [0.3, 0.4) is 0 Å². The van der Waals surface area contributed by atoms with Gasteiger partial charge in [-0.3, -0.25) is 0 Å². The van der Waals surface area contributed by atoms with E-state index in [0.29, 0.717) is 11.3 Å². The highest BCUT2D eigenvalue weighted by Crippen LogP contribution is 2.36. The molecule has 2 heterocycles. The first-order valence-electron chi connectivity index (χ1n) is 6.08. The monoisotopic (exact) mass is 239 g/mol. The first kappa shape index (κ1) is 9.49. The van der Waals surface area contributed by atoms with Crippen molar-refractivity contribution in [2.75, 3.05) is 5.31 Å². The molecule has 88 valence electrons. The van der Waals surface area contributed by atoms with Crippen LogP contribution in [0.5, 0.6) is 5.75 Å². The number of pyridine rings is 1. The average Bonchev–Trinajstić information content (AvgIpc) is 2.76. The summed E-state index contributed by atoms with van der Waals surface area (Å²) in [7, 11) is 1.91. The average molecular weight is 239 g/mol. The fourth-order valence-corrected chi connectivity index (χ4v) is 1.90. The third-order valence-electron chi connectivity index (χ3n) is 2.86. The van der Waals surface area contributed by atoms with Gasteiger partial charge in [0.25, 0.3) is 0 Å². The molecule has 1 N–H and O–H groups in total. The Morgan fingerprint density at radius 1 is 1.39 bits per heavy atom. The van der Waals surface area contributed by atoms with Crippen LogP contribution in [0.25, 0.3) is 0 Å². The topological polar surface area (TPSA) is 48.9 Å². The third kappa shape index (κ3) is 1.76. The van der Waals surface area contributed by atoms with Gasteiger partial charge in [-0.25, -0.2) is 4.57 Å². The predicted molar refractivity (Wildman–Crippen MR) is 65.8 cm³/mol. The van der Waals surface area contributed by atoms with Gasteiger partial charge in [0.2, 0.25) is 0 Å². The van der Waals surface area contributed by atoms with Crippen LogP contribution < -0.4 is 14.6 Å². The number of rotatable bonds is 1. The maximum atomic E-state index is 8.79. The van der Waals surface area contributed by atoms with Crippen molar-refractivity contribution in [2.45, 2.75) is 6.23 Å². The molecule has 1 unspecified atom stereocenters. The lowest BCUT2D eigenvalue weighted by molar-refractivity contribution is -0.670. The van der Waals surface area contributed by atoms with E-state index in [4.69, 9.17) is 11.4 Å². The van der Waals surface area contributed by atoms with E-state index in [9.17, 15) is 0 Å². The Hall–Kier alpha value is -2.54. The van der Waals surface area contributed by atoms with Crippen LogP contribution in [-0.4, -0.2) is 0 Å². The van der Waals surface area contributed by atoms with Gasteiger partial charge in [-0.1, -0.05) is 12.1 Å². The Morgan fingerprint density at radius 3 is 2.89 bits per heavy atom. The number of ether oxygens (including phenoxy) is 1. The van der Waals surface area contributed by atoms with Crippen LogP contribution in [0.15, 0.2) is 42.7 Å². The van der Waals surface area contributed by atoms with Crippen LogP contribution in [0, 0.1) is 11.3 Å². The zero-order chi connectivity index (χ0) is 13.4. The molecule has 3 rings (SSSR count). The summed E-state index contributed by atoms with van der Waals surface area (Å²) in [6.45, 7) is 0. The highest BCUT2D eigenvalue weighted by molar-refractivity contribution is 5.58. The second kappa shape index (κ2) is 4.04. The van der Waals surface area contributed by atoms with Crippen LogP contribution >= 0.6 is 0 Å². The Kier molecular flexibility index (Phi) is 2.13. The van der Waals surface area contributed by atoms with Crippen molar-refractivity contribution in [2.24, 2.45) is 7.05 Å². The predicted octanol–water partition coefficient (Wildman–Crippen LogP) is 1.89. The summed E-state index contributed by atoms with van der Waals surface area (Å²) in [6, 6.07) is 11.0. The van der Waals surface area contributed by atoms with Crippen molar-refractivity contribution in [3.8, 4) is 11.8 Å². The molecule has 0 amide bonds. The van der Waals surface area contributed by atoms with E-state index in [0.717, 1.165) is 11.3 Å². The number of nitriles is 1. The first-order valence-corrected chi connectivity index (χ1v) is 5.63. The van der Waals surface area contributed by atoms with Gasteiger partial charge in [0.05, 0.1) is 11.6 Å². The van der Waals surface area contributed by atoms with Crippen molar-refractivity contribution < 1.29 is 10.7 Å². The number of benzene rings is 1. The molecule has 1 aromatic heterocycles. The highest BCUT2D eigenvalue weighted by atomic mass is 16.5. The maximum absolute atomic E-state index is 8.79. The van der Waals surface area contributed by atoms with Gasteiger partial charge in [0, 0.05) is 11.6 Å². The van der Waals surface area contributed by atoms with Crippen LogP contribution in [0.4, 0.5) is 5.69 Å². The van der Waals surface area contributed by atoms with Crippen LogP contribution in [0.1, 0.15) is 17.4 Å². The number of nitrogens with zero attached hydrogens (tertiary/aromatic N) is 2. The van der Waals surface area contributed by atoms with Crippen molar-refractivity contribution >= 4 is 5.69 Å². The normalized spacial score (nSPS) is 17.7.